The summed E-state index contributed by atoms with van der Waals surface area (Å²) in [4.78, 5) is 11.7. The van der Waals surface area contributed by atoms with Crippen LogP contribution in [0.2, 0.25) is 0 Å². The van der Waals surface area contributed by atoms with Crippen molar-refractivity contribution in [2.75, 3.05) is 0 Å². The summed E-state index contributed by atoms with van der Waals surface area (Å²) in [6.45, 7) is 3.68. The number of carbonyl (C=O) groups excluding carboxylic acids is 1. The predicted octanol–water partition coefficient (Wildman–Crippen LogP) is 3.24. The Kier molecular flexibility index (Phi) is 8.20. The van der Waals surface area contributed by atoms with Crippen molar-refractivity contribution in [1.82, 2.24) is 0 Å². The number of hydrogen-bond acceptors (Lipinski definition) is 1. The van der Waals surface area contributed by atoms with Crippen molar-refractivity contribution in [3.05, 3.63) is 55.1 Å². The Labute approximate surface area is 116 Å². The molecule has 0 bridgehead atoms. The third-order valence-electron chi connectivity index (χ3n) is 2.43. The first-order valence-corrected chi connectivity index (χ1v) is 8.06. The summed E-state index contributed by atoms with van der Waals surface area (Å²) >= 11 is -0.00614. The zero-order valence-corrected chi connectivity index (χ0v) is 12.4. The van der Waals surface area contributed by atoms with E-state index in [1.54, 1.807) is 0 Å². The van der Waals surface area contributed by atoms with Gasteiger partial charge in [-0.3, -0.25) is 0 Å². The molecule has 0 aromatic heterocycles. The second-order valence-corrected chi connectivity index (χ2v) is 6.39. The SMILES string of the molecule is C=CCC/C=C\CCCC(=O)[Se]c1ccccc1. The zero-order chi connectivity index (χ0) is 13.1. The van der Waals surface area contributed by atoms with Gasteiger partial charge in [0.05, 0.1) is 0 Å². The number of carbonyl (C=O) groups is 1. The normalized spacial score (nSPS) is 10.7. The Hall–Kier alpha value is -1.11. The van der Waals surface area contributed by atoms with E-state index in [1.165, 1.54) is 4.46 Å². The van der Waals surface area contributed by atoms with Gasteiger partial charge in [-0.1, -0.05) is 0 Å². The summed E-state index contributed by atoms with van der Waals surface area (Å²) in [5, 5.41) is 0. The number of rotatable bonds is 9. The van der Waals surface area contributed by atoms with Gasteiger partial charge < -0.3 is 0 Å². The van der Waals surface area contributed by atoms with Crippen molar-refractivity contribution < 1.29 is 4.79 Å². The van der Waals surface area contributed by atoms with Crippen LogP contribution in [0.1, 0.15) is 32.1 Å². The molecule has 0 unspecified atom stereocenters. The van der Waals surface area contributed by atoms with Gasteiger partial charge in [0.1, 0.15) is 0 Å². The van der Waals surface area contributed by atoms with Crippen LogP contribution >= 0.6 is 0 Å². The molecule has 0 N–H and O–H groups in total. The van der Waals surface area contributed by atoms with Crippen LogP contribution in [0.25, 0.3) is 0 Å². The molecule has 0 amide bonds. The van der Waals surface area contributed by atoms with Gasteiger partial charge in [-0.2, -0.15) is 0 Å². The minimum atomic E-state index is -0.00614. The molecule has 18 heavy (non-hydrogen) atoms. The standard InChI is InChI=1S/C16H20OSe/c1-2-3-4-5-6-7-11-14-16(17)18-15-12-9-8-10-13-15/h2,5-6,8-10,12-13H,1,3-4,7,11,14H2/b6-5-. The summed E-state index contributed by atoms with van der Waals surface area (Å²) in [5.41, 5.74) is 0. The fraction of sp³-hybridized carbons (Fsp3) is 0.312. The molecule has 1 aromatic rings. The summed E-state index contributed by atoms with van der Waals surface area (Å²) < 4.78 is 1.57. The fourth-order valence-electron chi connectivity index (χ4n) is 1.49. The molecule has 1 aromatic carbocycles. The predicted molar refractivity (Wildman–Crippen MR) is 79.3 cm³/mol. The number of hydrogen-bond donors (Lipinski definition) is 0. The van der Waals surface area contributed by atoms with E-state index in [4.69, 9.17) is 0 Å². The average Bonchev–Trinajstić information content (AvgIpc) is 2.39. The first kappa shape index (κ1) is 14.9. The summed E-state index contributed by atoms with van der Waals surface area (Å²) in [6, 6.07) is 10.0. The molecule has 96 valence electrons. The van der Waals surface area contributed by atoms with Gasteiger partial charge in [-0.15, -0.1) is 0 Å². The van der Waals surface area contributed by atoms with Crippen LogP contribution < -0.4 is 4.46 Å². The van der Waals surface area contributed by atoms with Gasteiger partial charge in [-0.05, 0) is 0 Å². The topological polar surface area (TPSA) is 17.1 Å². The molecular formula is C16H20OSe. The Balaban J connectivity index is 2.10. The van der Waals surface area contributed by atoms with E-state index >= 15 is 0 Å². The van der Waals surface area contributed by atoms with E-state index in [1.807, 2.05) is 36.4 Å². The monoisotopic (exact) mass is 308 g/mol. The van der Waals surface area contributed by atoms with E-state index in [9.17, 15) is 4.79 Å². The minimum absolute atomic E-state index is 0.00614. The van der Waals surface area contributed by atoms with Crippen LogP contribution in [0.4, 0.5) is 0 Å². The van der Waals surface area contributed by atoms with Crippen LogP contribution in [-0.2, 0) is 4.79 Å². The number of unbranched alkanes of at least 4 members (excludes halogenated alkanes) is 2. The van der Waals surface area contributed by atoms with E-state index in [2.05, 4.69) is 18.7 Å². The first-order chi connectivity index (χ1) is 8.83. The maximum absolute atomic E-state index is 11.7. The van der Waals surface area contributed by atoms with Gasteiger partial charge in [0.25, 0.3) is 0 Å². The third kappa shape index (κ3) is 7.26. The molecule has 0 saturated heterocycles. The average molecular weight is 307 g/mol. The second-order valence-electron chi connectivity index (χ2n) is 4.02. The molecule has 0 heterocycles. The van der Waals surface area contributed by atoms with Crippen molar-refractivity contribution in [3.63, 3.8) is 0 Å². The van der Waals surface area contributed by atoms with Crippen molar-refractivity contribution in [2.45, 2.75) is 32.1 Å². The molecule has 0 aliphatic carbocycles. The number of benzene rings is 1. The molecule has 0 fully saturated rings. The van der Waals surface area contributed by atoms with Crippen LogP contribution in [0, 0.1) is 0 Å². The third-order valence-corrected chi connectivity index (χ3v) is 4.40. The van der Waals surface area contributed by atoms with Gasteiger partial charge >= 0.3 is 116 Å². The van der Waals surface area contributed by atoms with Crippen LogP contribution in [0.3, 0.4) is 0 Å². The summed E-state index contributed by atoms with van der Waals surface area (Å²) in [6.07, 6.45) is 11.1. The van der Waals surface area contributed by atoms with Gasteiger partial charge in [0.15, 0.2) is 0 Å². The Morgan fingerprint density at radius 1 is 1.11 bits per heavy atom. The van der Waals surface area contributed by atoms with Gasteiger partial charge in [-0.25, -0.2) is 0 Å². The van der Waals surface area contributed by atoms with E-state index in [-0.39, 0.29) is 15.0 Å². The van der Waals surface area contributed by atoms with Crippen LogP contribution in [0.15, 0.2) is 55.1 Å². The molecule has 0 aliphatic heterocycles. The van der Waals surface area contributed by atoms with Gasteiger partial charge in [0, 0.05) is 0 Å². The second kappa shape index (κ2) is 9.87. The van der Waals surface area contributed by atoms with Gasteiger partial charge in [0.2, 0.25) is 0 Å². The Morgan fingerprint density at radius 2 is 1.83 bits per heavy atom. The van der Waals surface area contributed by atoms with E-state index < -0.39 is 0 Å². The quantitative estimate of drug-likeness (QED) is 0.389. The molecule has 1 nitrogen and oxygen atoms in total. The molecular weight excluding hydrogens is 287 g/mol. The molecule has 0 aliphatic rings. The number of allylic oxidation sites excluding steroid dienone is 3. The Bertz CT molecular complexity index is 381. The van der Waals surface area contributed by atoms with Crippen LogP contribution in [0.5, 0.6) is 0 Å². The fourth-order valence-corrected chi connectivity index (χ4v) is 3.17. The molecule has 0 saturated carbocycles. The van der Waals surface area contributed by atoms with Crippen molar-refractivity contribution in [1.29, 1.82) is 0 Å². The van der Waals surface area contributed by atoms with E-state index in [0.29, 0.717) is 11.1 Å². The van der Waals surface area contributed by atoms with Crippen molar-refractivity contribution in [3.8, 4) is 0 Å². The van der Waals surface area contributed by atoms with Crippen LogP contribution in [-0.4, -0.2) is 19.6 Å². The molecule has 0 spiro atoms. The Morgan fingerprint density at radius 3 is 2.56 bits per heavy atom. The first-order valence-electron chi connectivity index (χ1n) is 6.34. The van der Waals surface area contributed by atoms with Crippen molar-refractivity contribution in [2.24, 2.45) is 0 Å². The van der Waals surface area contributed by atoms with E-state index in [0.717, 1.165) is 25.7 Å². The maximum atomic E-state index is 11.7. The molecule has 1 rings (SSSR count). The molecule has 2 heteroatoms. The summed E-state index contributed by atoms with van der Waals surface area (Å²) in [5.74, 6) is 0. The molecule has 0 atom stereocenters. The zero-order valence-electron chi connectivity index (χ0n) is 10.7. The van der Waals surface area contributed by atoms with Crippen molar-refractivity contribution >= 4 is 24.1 Å². The molecule has 0 radical (unpaired) electrons. The summed E-state index contributed by atoms with van der Waals surface area (Å²) in [7, 11) is 0.